The summed E-state index contributed by atoms with van der Waals surface area (Å²) in [6.45, 7) is 1.06. The fourth-order valence-electron chi connectivity index (χ4n) is 2.79. The van der Waals surface area contributed by atoms with E-state index in [2.05, 4.69) is 0 Å². The van der Waals surface area contributed by atoms with Crippen molar-refractivity contribution in [3.63, 3.8) is 0 Å². The van der Waals surface area contributed by atoms with E-state index in [1.807, 2.05) is 12.1 Å². The Kier molecular flexibility index (Phi) is 6.44. The zero-order chi connectivity index (χ0) is 16.9. The first-order valence-electron chi connectivity index (χ1n) is 7.64. The van der Waals surface area contributed by atoms with Gasteiger partial charge in [0.2, 0.25) is 5.91 Å². The number of hydrogen-bond donors (Lipinski definition) is 0. The van der Waals surface area contributed by atoms with Crippen molar-refractivity contribution in [1.29, 1.82) is 0 Å². The molecule has 1 heterocycles. The first-order valence-corrected chi connectivity index (χ1v) is 9.84. The Balaban J connectivity index is 2.05. The largest absolute Gasteiger partial charge is 0.385 e. The molecule has 0 aromatic heterocycles. The predicted molar refractivity (Wildman–Crippen MR) is 90.4 cm³/mol. The predicted octanol–water partition coefficient (Wildman–Crippen LogP) is 1.93. The van der Waals surface area contributed by atoms with Gasteiger partial charge >= 0.3 is 0 Å². The van der Waals surface area contributed by atoms with E-state index in [9.17, 15) is 13.2 Å². The molecule has 2 rings (SSSR count). The molecule has 1 atom stereocenters. The number of ether oxygens (including phenoxy) is 1. The molecule has 1 amide bonds. The van der Waals surface area contributed by atoms with Gasteiger partial charge in [-0.1, -0.05) is 23.7 Å². The molecule has 0 N–H and O–H groups in total. The first-order chi connectivity index (χ1) is 10.9. The van der Waals surface area contributed by atoms with Crippen molar-refractivity contribution in [2.75, 3.05) is 31.8 Å². The summed E-state index contributed by atoms with van der Waals surface area (Å²) in [6, 6.07) is 6.91. The fourth-order valence-corrected chi connectivity index (χ4v) is 4.65. The van der Waals surface area contributed by atoms with Crippen LogP contribution in [0.15, 0.2) is 24.3 Å². The maximum atomic E-state index is 12.6. The highest BCUT2D eigenvalue weighted by molar-refractivity contribution is 7.91. The molecule has 1 aliphatic rings. The highest BCUT2D eigenvalue weighted by atomic mass is 35.5. The van der Waals surface area contributed by atoms with Gasteiger partial charge in [-0.25, -0.2) is 8.42 Å². The van der Waals surface area contributed by atoms with Crippen LogP contribution in [0.5, 0.6) is 0 Å². The second kappa shape index (κ2) is 8.13. The van der Waals surface area contributed by atoms with Gasteiger partial charge in [-0.3, -0.25) is 4.79 Å². The Morgan fingerprint density at radius 3 is 2.61 bits per heavy atom. The van der Waals surface area contributed by atoms with Crippen molar-refractivity contribution in [3.8, 4) is 0 Å². The van der Waals surface area contributed by atoms with Gasteiger partial charge in [0.05, 0.1) is 17.9 Å². The monoisotopic (exact) mass is 359 g/mol. The molecule has 5 nitrogen and oxygen atoms in total. The smallest absolute Gasteiger partial charge is 0.227 e. The average Bonchev–Trinajstić information content (AvgIpc) is 2.86. The van der Waals surface area contributed by atoms with Crippen LogP contribution in [-0.4, -0.2) is 57.0 Å². The normalized spacial score (nSPS) is 19.7. The molecule has 1 aliphatic heterocycles. The number of benzene rings is 1. The molecule has 23 heavy (non-hydrogen) atoms. The summed E-state index contributed by atoms with van der Waals surface area (Å²) in [5.74, 6) is 0.171. The fraction of sp³-hybridized carbons (Fsp3) is 0.562. The molecule has 0 aliphatic carbocycles. The van der Waals surface area contributed by atoms with Crippen LogP contribution in [0.3, 0.4) is 0 Å². The van der Waals surface area contributed by atoms with Crippen LogP contribution < -0.4 is 0 Å². The number of halogens is 1. The van der Waals surface area contributed by atoms with Gasteiger partial charge in [-0.2, -0.15) is 0 Å². The molecule has 7 heteroatoms. The number of rotatable bonds is 7. The lowest BCUT2D eigenvalue weighted by Crippen LogP contribution is -2.42. The zero-order valence-corrected chi connectivity index (χ0v) is 14.8. The zero-order valence-electron chi connectivity index (χ0n) is 13.2. The third-order valence-corrected chi connectivity index (χ3v) is 5.99. The van der Waals surface area contributed by atoms with E-state index in [1.165, 1.54) is 0 Å². The van der Waals surface area contributed by atoms with Crippen LogP contribution in [0, 0.1) is 0 Å². The number of carbonyl (C=O) groups is 1. The molecule has 0 saturated carbocycles. The highest BCUT2D eigenvalue weighted by Crippen LogP contribution is 2.20. The van der Waals surface area contributed by atoms with Gasteiger partial charge in [-0.15, -0.1) is 0 Å². The lowest BCUT2D eigenvalue weighted by molar-refractivity contribution is -0.132. The van der Waals surface area contributed by atoms with Crippen LogP contribution in [0.1, 0.15) is 18.4 Å². The molecule has 1 fully saturated rings. The number of amides is 1. The van der Waals surface area contributed by atoms with Crippen LogP contribution >= 0.6 is 11.6 Å². The average molecular weight is 360 g/mol. The number of carbonyl (C=O) groups excluding carboxylic acids is 1. The molecule has 0 bridgehead atoms. The summed E-state index contributed by atoms with van der Waals surface area (Å²) in [4.78, 5) is 14.4. The maximum absolute atomic E-state index is 12.6. The van der Waals surface area contributed by atoms with Gasteiger partial charge in [0, 0.05) is 31.3 Å². The standard InChI is InChI=1S/C16H22ClNO4S/c1-22-9-2-8-18(15-7-10-23(20,21)12-15)16(19)11-13-3-5-14(17)6-4-13/h3-6,15H,2,7-12H2,1H3. The van der Waals surface area contributed by atoms with Crippen molar-refractivity contribution in [2.24, 2.45) is 0 Å². The van der Waals surface area contributed by atoms with Crippen LogP contribution in [0.4, 0.5) is 0 Å². The van der Waals surface area contributed by atoms with E-state index in [1.54, 1.807) is 24.1 Å². The molecule has 1 saturated heterocycles. The Hall–Kier alpha value is -1.11. The molecule has 128 valence electrons. The summed E-state index contributed by atoms with van der Waals surface area (Å²) >= 11 is 5.85. The molecular weight excluding hydrogens is 338 g/mol. The Morgan fingerprint density at radius 2 is 2.04 bits per heavy atom. The van der Waals surface area contributed by atoms with Crippen molar-refractivity contribution in [1.82, 2.24) is 4.90 Å². The summed E-state index contributed by atoms with van der Waals surface area (Å²) in [6.07, 6.45) is 1.46. The molecule has 1 aromatic carbocycles. The van der Waals surface area contributed by atoms with Gasteiger partial charge in [-0.05, 0) is 30.5 Å². The topological polar surface area (TPSA) is 63.7 Å². The number of methoxy groups -OCH3 is 1. The van der Waals surface area contributed by atoms with E-state index in [0.29, 0.717) is 31.0 Å². The van der Waals surface area contributed by atoms with Crippen molar-refractivity contribution >= 4 is 27.3 Å². The summed E-state index contributed by atoms with van der Waals surface area (Å²) < 4.78 is 28.5. The maximum Gasteiger partial charge on any atom is 0.227 e. The number of sulfone groups is 1. The Morgan fingerprint density at radius 1 is 1.35 bits per heavy atom. The van der Waals surface area contributed by atoms with Gasteiger partial charge in [0.1, 0.15) is 0 Å². The minimum Gasteiger partial charge on any atom is -0.385 e. The SMILES string of the molecule is COCCCN(C(=O)Cc1ccc(Cl)cc1)C1CCS(=O)(=O)C1. The second-order valence-electron chi connectivity index (χ2n) is 5.79. The third kappa shape index (κ3) is 5.48. The van der Waals surface area contributed by atoms with Crippen LogP contribution in [0.25, 0.3) is 0 Å². The number of nitrogens with zero attached hydrogens (tertiary/aromatic N) is 1. The quantitative estimate of drug-likeness (QED) is 0.698. The van der Waals surface area contributed by atoms with Gasteiger partial charge in [0.15, 0.2) is 9.84 Å². The minimum absolute atomic E-state index is 0.0504. The van der Waals surface area contributed by atoms with Crippen molar-refractivity contribution in [2.45, 2.75) is 25.3 Å². The van der Waals surface area contributed by atoms with E-state index in [-0.39, 0.29) is 29.9 Å². The third-order valence-electron chi connectivity index (χ3n) is 3.99. The summed E-state index contributed by atoms with van der Waals surface area (Å²) in [7, 11) is -1.41. The highest BCUT2D eigenvalue weighted by Gasteiger charge is 2.34. The summed E-state index contributed by atoms with van der Waals surface area (Å²) in [5, 5.41) is 0.625. The molecule has 1 aromatic rings. The Labute approximate surface area is 142 Å². The molecule has 1 unspecified atom stereocenters. The van der Waals surface area contributed by atoms with Gasteiger partial charge < -0.3 is 9.64 Å². The van der Waals surface area contributed by atoms with E-state index in [0.717, 1.165) is 5.56 Å². The molecule has 0 spiro atoms. The Bertz CT molecular complexity index is 630. The van der Waals surface area contributed by atoms with E-state index in [4.69, 9.17) is 16.3 Å². The first kappa shape index (κ1) is 18.2. The van der Waals surface area contributed by atoms with E-state index >= 15 is 0 Å². The second-order valence-corrected chi connectivity index (χ2v) is 8.46. The summed E-state index contributed by atoms with van der Waals surface area (Å²) in [5.41, 5.74) is 0.872. The lowest BCUT2D eigenvalue weighted by Gasteiger charge is -2.28. The molecule has 0 radical (unpaired) electrons. The number of hydrogen-bond acceptors (Lipinski definition) is 4. The lowest BCUT2D eigenvalue weighted by atomic mass is 10.1. The van der Waals surface area contributed by atoms with Crippen LogP contribution in [-0.2, 0) is 25.8 Å². The van der Waals surface area contributed by atoms with Crippen molar-refractivity contribution in [3.05, 3.63) is 34.9 Å². The minimum atomic E-state index is -3.03. The molecular formula is C16H22ClNO4S. The van der Waals surface area contributed by atoms with Gasteiger partial charge in [0.25, 0.3) is 0 Å². The van der Waals surface area contributed by atoms with Crippen LogP contribution in [0.2, 0.25) is 5.02 Å². The van der Waals surface area contributed by atoms with E-state index < -0.39 is 9.84 Å². The van der Waals surface area contributed by atoms with Crippen molar-refractivity contribution < 1.29 is 17.9 Å².